The van der Waals surface area contributed by atoms with Gasteiger partial charge in [0.1, 0.15) is 5.69 Å². The summed E-state index contributed by atoms with van der Waals surface area (Å²) in [6.45, 7) is 7.98. The molecule has 7 nitrogen and oxygen atoms in total. The maximum absolute atomic E-state index is 12.5. The zero-order valence-electron chi connectivity index (χ0n) is 14.9. The lowest BCUT2D eigenvalue weighted by atomic mass is 10.3. The molecular formula is C18H24N6O. The molecule has 0 bridgehead atoms. The zero-order chi connectivity index (χ0) is 17.8. The standard InChI is InChI=1S/C18H24N6O/c1-4-23(5-2)12-13-24-15-9-7-6-8-14(15)20-18(24)21-17(25)16-10-11-19-22(16)3/h6-11H,4-5,12-13H2,1-3H3,(H,20,21,25). The fraction of sp³-hybridized carbons (Fsp3) is 0.389. The molecule has 0 atom stereocenters. The Morgan fingerprint density at radius 1 is 1.20 bits per heavy atom. The molecule has 1 aromatic carbocycles. The number of benzene rings is 1. The minimum Gasteiger partial charge on any atom is -0.309 e. The molecule has 0 unspecified atom stereocenters. The van der Waals surface area contributed by atoms with Crippen LogP contribution < -0.4 is 5.32 Å². The fourth-order valence-corrected chi connectivity index (χ4v) is 2.94. The van der Waals surface area contributed by atoms with Crippen molar-refractivity contribution in [1.29, 1.82) is 0 Å². The van der Waals surface area contributed by atoms with Crippen LogP contribution in [0.2, 0.25) is 0 Å². The zero-order valence-corrected chi connectivity index (χ0v) is 14.9. The number of nitrogens with one attached hydrogen (secondary N) is 1. The third-order valence-electron chi connectivity index (χ3n) is 4.47. The van der Waals surface area contributed by atoms with Crippen molar-refractivity contribution in [3.8, 4) is 0 Å². The van der Waals surface area contributed by atoms with Gasteiger partial charge in [0.15, 0.2) is 0 Å². The molecule has 0 spiro atoms. The van der Waals surface area contributed by atoms with Crippen molar-refractivity contribution in [2.24, 2.45) is 7.05 Å². The number of nitrogens with zero attached hydrogens (tertiary/aromatic N) is 5. The number of likely N-dealkylation sites (N-methyl/N-ethyl adjacent to an activating group) is 1. The number of amides is 1. The minimum atomic E-state index is -0.209. The highest BCUT2D eigenvalue weighted by atomic mass is 16.2. The van der Waals surface area contributed by atoms with E-state index in [9.17, 15) is 4.79 Å². The van der Waals surface area contributed by atoms with Gasteiger partial charge in [0.2, 0.25) is 5.95 Å². The van der Waals surface area contributed by atoms with Crippen LogP contribution >= 0.6 is 0 Å². The van der Waals surface area contributed by atoms with Gasteiger partial charge in [-0.25, -0.2) is 4.98 Å². The summed E-state index contributed by atoms with van der Waals surface area (Å²) in [5.41, 5.74) is 2.40. The number of aryl methyl sites for hydroxylation is 1. The lowest BCUT2D eigenvalue weighted by Gasteiger charge is -2.19. The van der Waals surface area contributed by atoms with Gasteiger partial charge in [0.25, 0.3) is 5.91 Å². The number of para-hydroxylation sites is 2. The molecule has 0 aliphatic carbocycles. The number of carbonyl (C=O) groups excluding carboxylic acids is 1. The van der Waals surface area contributed by atoms with Crippen LogP contribution in [0.25, 0.3) is 11.0 Å². The summed E-state index contributed by atoms with van der Waals surface area (Å²) in [6.07, 6.45) is 1.61. The average Bonchev–Trinajstić information content (AvgIpc) is 3.19. The van der Waals surface area contributed by atoms with Crippen LogP contribution in [-0.2, 0) is 13.6 Å². The molecule has 1 amide bonds. The van der Waals surface area contributed by atoms with Crippen LogP contribution in [0.5, 0.6) is 0 Å². The van der Waals surface area contributed by atoms with Crippen LogP contribution in [0.3, 0.4) is 0 Å². The Balaban J connectivity index is 1.89. The van der Waals surface area contributed by atoms with Gasteiger partial charge in [-0.05, 0) is 31.3 Å². The molecule has 25 heavy (non-hydrogen) atoms. The van der Waals surface area contributed by atoms with Crippen molar-refractivity contribution >= 4 is 22.9 Å². The molecule has 0 saturated carbocycles. The summed E-state index contributed by atoms with van der Waals surface area (Å²) in [6, 6.07) is 9.63. The predicted octanol–water partition coefficient (Wildman–Crippen LogP) is 2.36. The molecule has 2 heterocycles. The monoisotopic (exact) mass is 340 g/mol. The Morgan fingerprint density at radius 2 is 1.96 bits per heavy atom. The maximum Gasteiger partial charge on any atom is 0.276 e. The van der Waals surface area contributed by atoms with Crippen LogP contribution in [0.4, 0.5) is 5.95 Å². The fourth-order valence-electron chi connectivity index (χ4n) is 2.94. The van der Waals surface area contributed by atoms with Gasteiger partial charge in [-0.3, -0.25) is 14.8 Å². The second-order valence-corrected chi connectivity index (χ2v) is 5.90. The van der Waals surface area contributed by atoms with Crippen molar-refractivity contribution in [3.05, 3.63) is 42.2 Å². The molecule has 0 aliphatic rings. The van der Waals surface area contributed by atoms with Crippen LogP contribution in [0.1, 0.15) is 24.3 Å². The van der Waals surface area contributed by atoms with E-state index in [1.54, 1.807) is 24.0 Å². The molecule has 3 rings (SSSR count). The molecule has 0 aliphatic heterocycles. The third-order valence-corrected chi connectivity index (χ3v) is 4.47. The lowest BCUT2D eigenvalue weighted by molar-refractivity contribution is 0.101. The summed E-state index contributed by atoms with van der Waals surface area (Å²) < 4.78 is 3.63. The summed E-state index contributed by atoms with van der Waals surface area (Å²) in [4.78, 5) is 19.5. The predicted molar refractivity (Wildman–Crippen MR) is 98.7 cm³/mol. The van der Waals surface area contributed by atoms with Gasteiger partial charge in [-0.15, -0.1) is 0 Å². The molecule has 7 heteroatoms. The van der Waals surface area contributed by atoms with E-state index in [1.807, 2.05) is 24.3 Å². The van der Waals surface area contributed by atoms with Crippen molar-refractivity contribution in [2.75, 3.05) is 25.0 Å². The number of carbonyl (C=O) groups is 1. The average molecular weight is 340 g/mol. The summed E-state index contributed by atoms with van der Waals surface area (Å²) in [7, 11) is 1.75. The van der Waals surface area contributed by atoms with Crippen molar-refractivity contribution < 1.29 is 4.79 Å². The summed E-state index contributed by atoms with van der Waals surface area (Å²) >= 11 is 0. The van der Waals surface area contributed by atoms with E-state index in [2.05, 4.69) is 38.7 Å². The van der Waals surface area contributed by atoms with Gasteiger partial charge in [-0.1, -0.05) is 26.0 Å². The van der Waals surface area contributed by atoms with E-state index in [0.717, 1.165) is 37.2 Å². The summed E-state index contributed by atoms with van der Waals surface area (Å²) in [5.74, 6) is 0.360. The topological polar surface area (TPSA) is 68.0 Å². The van der Waals surface area contributed by atoms with Gasteiger partial charge in [0, 0.05) is 26.3 Å². The first-order chi connectivity index (χ1) is 12.1. The SMILES string of the molecule is CCN(CC)CCn1c(NC(=O)c2ccnn2C)nc2ccccc21. The Hall–Kier alpha value is -2.67. The van der Waals surface area contributed by atoms with Crippen molar-refractivity contribution in [2.45, 2.75) is 20.4 Å². The molecule has 2 aromatic heterocycles. The smallest absolute Gasteiger partial charge is 0.276 e. The Kier molecular flexibility index (Phi) is 5.14. The van der Waals surface area contributed by atoms with E-state index in [0.29, 0.717) is 11.6 Å². The van der Waals surface area contributed by atoms with Crippen LogP contribution in [0, 0.1) is 0 Å². The minimum absolute atomic E-state index is 0.209. The maximum atomic E-state index is 12.5. The number of aromatic nitrogens is 4. The van der Waals surface area contributed by atoms with Crippen molar-refractivity contribution in [1.82, 2.24) is 24.2 Å². The highest BCUT2D eigenvalue weighted by Crippen LogP contribution is 2.20. The number of fused-ring (bicyclic) bond motifs is 1. The first-order valence-electron chi connectivity index (χ1n) is 8.61. The summed E-state index contributed by atoms with van der Waals surface area (Å²) in [5, 5.41) is 6.98. The normalized spacial score (nSPS) is 11.4. The highest BCUT2D eigenvalue weighted by Gasteiger charge is 2.16. The molecule has 0 saturated heterocycles. The number of hydrogen-bond donors (Lipinski definition) is 1. The van der Waals surface area contributed by atoms with Crippen LogP contribution in [0.15, 0.2) is 36.5 Å². The second-order valence-electron chi connectivity index (χ2n) is 5.90. The second kappa shape index (κ2) is 7.48. The van der Waals surface area contributed by atoms with E-state index in [4.69, 9.17) is 0 Å². The van der Waals surface area contributed by atoms with Gasteiger partial charge >= 0.3 is 0 Å². The number of rotatable bonds is 7. The van der Waals surface area contributed by atoms with Crippen molar-refractivity contribution in [3.63, 3.8) is 0 Å². The molecule has 0 fully saturated rings. The molecule has 132 valence electrons. The van der Waals surface area contributed by atoms with E-state index in [-0.39, 0.29) is 5.91 Å². The molecule has 3 aromatic rings. The molecular weight excluding hydrogens is 316 g/mol. The number of imidazole rings is 1. The Morgan fingerprint density at radius 3 is 2.64 bits per heavy atom. The Labute approximate surface area is 147 Å². The Bertz CT molecular complexity index is 861. The highest BCUT2D eigenvalue weighted by molar-refractivity contribution is 6.02. The number of hydrogen-bond acceptors (Lipinski definition) is 4. The van der Waals surface area contributed by atoms with E-state index in [1.165, 1.54) is 0 Å². The van der Waals surface area contributed by atoms with E-state index >= 15 is 0 Å². The van der Waals surface area contributed by atoms with Gasteiger partial charge in [-0.2, -0.15) is 5.10 Å². The number of anilines is 1. The molecule has 1 N–H and O–H groups in total. The van der Waals surface area contributed by atoms with Gasteiger partial charge in [0.05, 0.1) is 11.0 Å². The van der Waals surface area contributed by atoms with E-state index < -0.39 is 0 Å². The van der Waals surface area contributed by atoms with Gasteiger partial charge < -0.3 is 9.47 Å². The third kappa shape index (κ3) is 3.56. The largest absolute Gasteiger partial charge is 0.309 e. The molecule has 0 radical (unpaired) electrons. The quantitative estimate of drug-likeness (QED) is 0.717. The first-order valence-corrected chi connectivity index (χ1v) is 8.61. The van der Waals surface area contributed by atoms with Crippen LogP contribution in [-0.4, -0.2) is 49.8 Å². The lowest BCUT2D eigenvalue weighted by Crippen LogP contribution is -2.28. The first kappa shape index (κ1) is 17.2.